The number of nitrogens with zero attached hydrogens (tertiary/aromatic N) is 1. The van der Waals surface area contributed by atoms with Gasteiger partial charge in [-0.25, -0.2) is 4.79 Å². The summed E-state index contributed by atoms with van der Waals surface area (Å²) in [6, 6.07) is 3.87. The Morgan fingerprint density at radius 2 is 2.14 bits per heavy atom. The van der Waals surface area contributed by atoms with E-state index in [9.17, 15) is 14.9 Å². The van der Waals surface area contributed by atoms with E-state index in [2.05, 4.69) is 12.2 Å². The van der Waals surface area contributed by atoms with Crippen molar-refractivity contribution in [2.45, 2.75) is 38.7 Å². The van der Waals surface area contributed by atoms with Gasteiger partial charge in [-0.15, -0.1) is 0 Å². The second kappa shape index (κ2) is 6.76. The number of carbonyl (C=O) groups is 1. The van der Waals surface area contributed by atoms with Gasteiger partial charge in [0.15, 0.2) is 0 Å². The molecule has 2 rings (SSSR count). The van der Waals surface area contributed by atoms with Crippen molar-refractivity contribution in [1.82, 2.24) is 0 Å². The Kier molecular flexibility index (Phi) is 5.01. The monoisotopic (exact) mass is 312 g/mol. The van der Waals surface area contributed by atoms with Crippen molar-refractivity contribution < 1.29 is 14.5 Å². The summed E-state index contributed by atoms with van der Waals surface area (Å²) in [6.45, 7) is 2.07. The molecule has 1 aromatic rings. The molecule has 114 valence electrons. The summed E-state index contributed by atoms with van der Waals surface area (Å²) in [5.41, 5.74) is 0.176. The third-order valence-electron chi connectivity index (χ3n) is 3.69. The van der Waals surface area contributed by atoms with Gasteiger partial charge in [0, 0.05) is 12.1 Å². The molecule has 2 atom stereocenters. The second-order valence-electron chi connectivity index (χ2n) is 5.25. The van der Waals surface area contributed by atoms with Gasteiger partial charge >= 0.3 is 6.09 Å². The predicted molar refractivity (Wildman–Crippen MR) is 79.6 cm³/mol. The molecule has 0 aliphatic heterocycles. The SMILES string of the molecule is C[C@@H]1CCCC[C@@H]1OC(=O)Nc1ccc([N+](=O)[O-])cc1Cl. The highest BCUT2D eigenvalue weighted by molar-refractivity contribution is 6.33. The van der Waals surface area contributed by atoms with E-state index < -0.39 is 11.0 Å². The first-order valence-corrected chi connectivity index (χ1v) is 7.26. The lowest BCUT2D eigenvalue weighted by Crippen LogP contribution is -2.30. The Bertz CT molecular complexity index is 550. The Morgan fingerprint density at radius 3 is 2.76 bits per heavy atom. The molecule has 0 unspecified atom stereocenters. The highest BCUT2D eigenvalue weighted by Crippen LogP contribution is 2.29. The minimum Gasteiger partial charge on any atom is -0.446 e. The number of rotatable bonds is 3. The Labute approximate surface area is 127 Å². The Balaban J connectivity index is 1.97. The van der Waals surface area contributed by atoms with Crippen molar-refractivity contribution in [1.29, 1.82) is 0 Å². The van der Waals surface area contributed by atoms with Gasteiger partial charge in [0.05, 0.1) is 15.6 Å². The van der Waals surface area contributed by atoms with Crippen LogP contribution in [-0.4, -0.2) is 17.1 Å². The maximum atomic E-state index is 11.9. The number of nitro groups is 1. The number of hydrogen-bond acceptors (Lipinski definition) is 4. The number of nitro benzene ring substituents is 1. The number of amides is 1. The summed E-state index contributed by atoms with van der Waals surface area (Å²) >= 11 is 5.91. The van der Waals surface area contributed by atoms with Gasteiger partial charge < -0.3 is 4.74 Å². The van der Waals surface area contributed by atoms with Gasteiger partial charge in [-0.05, 0) is 31.2 Å². The van der Waals surface area contributed by atoms with Crippen molar-refractivity contribution in [2.24, 2.45) is 5.92 Å². The maximum absolute atomic E-state index is 11.9. The van der Waals surface area contributed by atoms with E-state index in [0.29, 0.717) is 11.6 Å². The quantitative estimate of drug-likeness (QED) is 0.663. The minimum absolute atomic E-state index is 0.0874. The van der Waals surface area contributed by atoms with Crippen LogP contribution in [-0.2, 0) is 4.74 Å². The molecule has 1 aliphatic carbocycles. The topological polar surface area (TPSA) is 81.5 Å². The molecule has 1 aromatic carbocycles. The third kappa shape index (κ3) is 4.07. The first-order valence-electron chi connectivity index (χ1n) is 6.89. The Morgan fingerprint density at radius 1 is 1.43 bits per heavy atom. The molecule has 0 radical (unpaired) electrons. The summed E-state index contributed by atoms with van der Waals surface area (Å²) < 4.78 is 5.40. The number of non-ortho nitro benzene ring substituents is 1. The number of halogens is 1. The van der Waals surface area contributed by atoms with Gasteiger partial charge in [0.25, 0.3) is 5.69 Å². The zero-order valence-electron chi connectivity index (χ0n) is 11.7. The smallest absolute Gasteiger partial charge is 0.411 e. The number of benzene rings is 1. The molecule has 6 nitrogen and oxygen atoms in total. The van der Waals surface area contributed by atoms with Crippen LogP contribution in [0, 0.1) is 16.0 Å². The van der Waals surface area contributed by atoms with Gasteiger partial charge in [-0.2, -0.15) is 0 Å². The van der Waals surface area contributed by atoms with Crippen LogP contribution in [0.2, 0.25) is 5.02 Å². The highest BCUT2D eigenvalue weighted by Gasteiger charge is 2.25. The molecule has 21 heavy (non-hydrogen) atoms. The lowest BCUT2D eigenvalue weighted by atomic mass is 9.88. The molecule has 1 N–H and O–H groups in total. The molecule has 0 aromatic heterocycles. The van der Waals surface area contributed by atoms with Crippen molar-refractivity contribution in [3.8, 4) is 0 Å². The largest absolute Gasteiger partial charge is 0.446 e. The molecule has 1 fully saturated rings. The molecule has 0 saturated heterocycles. The molecule has 1 amide bonds. The summed E-state index contributed by atoms with van der Waals surface area (Å²) in [4.78, 5) is 21.9. The van der Waals surface area contributed by atoms with Gasteiger partial charge in [0.1, 0.15) is 6.10 Å². The normalized spacial score (nSPS) is 21.6. The second-order valence-corrected chi connectivity index (χ2v) is 5.66. The lowest BCUT2D eigenvalue weighted by Gasteiger charge is -2.28. The maximum Gasteiger partial charge on any atom is 0.411 e. The van der Waals surface area contributed by atoms with Crippen LogP contribution in [0.1, 0.15) is 32.6 Å². The number of anilines is 1. The zero-order chi connectivity index (χ0) is 15.4. The van der Waals surface area contributed by atoms with Crippen LogP contribution in [0.3, 0.4) is 0 Å². The fourth-order valence-corrected chi connectivity index (χ4v) is 2.68. The van der Waals surface area contributed by atoms with Gasteiger partial charge in [-0.1, -0.05) is 24.9 Å². The molecule has 1 saturated carbocycles. The van der Waals surface area contributed by atoms with E-state index in [4.69, 9.17) is 16.3 Å². The van der Waals surface area contributed by atoms with E-state index >= 15 is 0 Å². The van der Waals surface area contributed by atoms with E-state index in [-0.39, 0.29) is 16.8 Å². The third-order valence-corrected chi connectivity index (χ3v) is 4.00. The first-order chi connectivity index (χ1) is 9.97. The van der Waals surface area contributed by atoms with Crippen molar-refractivity contribution in [3.63, 3.8) is 0 Å². The number of nitrogens with one attached hydrogen (secondary N) is 1. The summed E-state index contributed by atoms with van der Waals surface area (Å²) in [6.07, 6.45) is 3.47. The predicted octanol–water partition coefficient (Wildman–Crippen LogP) is 4.38. The van der Waals surface area contributed by atoms with E-state index in [0.717, 1.165) is 25.7 Å². The van der Waals surface area contributed by atoms with Crippen molar-refractivity contribution >= 4 is 29.1 Å². The molecule has 0 heterocycles. The fourth-order valence-electron chi connectivity index (χ4n) is 2.45. The number of carbonyl (C=O) groups excluding carboxylic acids is 1. The van der Waals surface area contributed by atoms with Crippen molar-refractivity contribution in [3.05, 3.63) is 33.3 Å². The number of hydrogen-bond donors (Lipinski definition) is 1. The van der Waals surface area contributed by atoms with Crippen LogP contribution in [0.15, 0.2) is 18.2 Å². The van der Waals surface area contributed by atoms with E-state index in [1.54, 1.807) is 0 Å². The summed E-state index contributed by atoms with van der Waals surface area (Å²) in [5.74, 6) is 0.344. The zero-order valence-corrected chi connectivity index (χ0v) is 12.4. The fraction of sp³-hybridized carbons (Fsp3) is 0.500. The molecular formula is C14H17ClN2O4. The summed E-state index contributed by atoms with van der Waals surface area (Å²) in [5, 5.41) is 13.3. The number of ether oxygens (including phenoxy) is 1. The van der Waals surface area contributed by atoms with E-state index in [1.165, 1.54) is 18.2 Å². The van der Waals surface area contributed by atoms with Gasteiger partial charge in [-0.3, -0.25) is 15.4 Å². The van der Waals surface area contributed by atoms with Crippen LogP contribution >= 0.6 is 11.6 Å². The standard InChI is InChI=1S/C14H17ClN2O4/c1-9-4-2-3-5-13(9)21-14(18)16-12-7-6-10(17(19)20)8-11(12)15/h6-9,13H,2-5H2,1H3,(H,16,18)/t9-,13+/m1/s1. The van der Waals surface area contributed by atoms with Crippen LogP contribution in [0.5, 0.6) is 0 Å². The van der Waals surface area contributed by atoms with Crippen LogP contribution < -0.4 is 5.32 Å². The Hall–Kier alpha value is -1.82. The van der Waals surface area contributed by atoms with Crippen LogP contribution in [0.4, 0.5) is 16.2 Å². The summed E-state index contributed by atoms with van der Waals surface area (Å²) in [7, 11) is 0. The molecule has 1 aliphatic rings. The average molecular weight is 313 g/mol. The molecule has 7 heteroatoms. The average Bonchev–Trinajstić information content (AvgIpc) is 2.43. The van der Waals surface area contributed by atoms with Crippen molar-refractivity contribution in [2.75, 3.05) is 5.32 Å². The van der Waals surface area contributed by atoms with Crippen LogP contribution in [0.25, 0.3) is 0 Å². The van der Waals surface area contributed by atoms with Gasteiger partial charge in [0.2, 0.25) is 0 Å². The molecule has 0 spiro atoms. The molecule has 0 bridgehead atoms. The highest BCUT2D eigenvalue weighted by atomic mass is 35.5. The van der Waals surface area contributed by atoms with E-state index in [1.807, 2.05) is 0 Å². The molecular weight excluding hydrogens is 296 g/mol. The lowest BCUT2D eigenvalue weighted by molar-refractivity contribution is -0.384. The first kappa shape index (κ1) is 15.6. The minimum atomic E-state index is -0.579.